The van der Waals surface area contributed by atoms with Gasteiger partial charge in [0.2, 0.25) is 0 Å². The van der Waals surface area contributed by atoms with Crippen molar-refractivity contribution in [2.24, 2.45) is 0 Å². The van der Waals surface area contributed by atoms with E-state index in [2.05, 4.69) is 49.8 Å². The van der Waals surface area contributed by atoms with Gasteiger partial charge in [0.05, 0.1) is 0 Å². The Bertz CT molecular complexity index is 579. The van der Waals surface area contributed by atoms with E-state index in [-0.39, 0.29) is 0 Å². The highest BCUT2D eigenvalue weighted by atomic mass is 79.9. The fraction of sp³-hybridized carbons (Fsp3) is 0.538. The van der Waals surface area contributed by atoms with Gasteiger partial charge in [-0.25, -0.2) is 9.97 Å². The maximum Gasteiger partial charge on any atom is 0.180 e. The Kier molecular flexibility index (Phi) is 3.45. The van der Waals surface area contributed by atoms with E-state index >= 15 is 0 Å². The first-order valence-electron chi connectivity index (χ1n) is 6.56. The van der Waals surface area contributed by atoms with Crippen LogP contribution in [0.25, 0.3) is 5.65 Å². The molecule has 0 spiro atoms. The molecule has 5 nitrogen and oxygen atoms in total. The van der Waals surface area contributed by atoms with E-state index in [1.165, 1.54) is 12.8 Å². The Morgan fingerprint density at radius 1 is 1.42 bits per heavy atom. The number of piperidine rings is 1. The van der Waals surface area contributed by atoms with Crippen LogP contribution in [0.2, 0.25) is 0 Å². The summed E-state index contributed by atoms with van der Waals surface area (Å²) in [7, 11) is 4.29. The van der Waals surface area contributed by atoms with Crippen LogP contribution in [0.4, 0.5) is 5.82 Å². The highest BCUT2D eigenvalue weighted by Crippen LogP contribution is 2.25. The van der Waals surface area contributed by atoms with Gasteiger partial charge >= 0.3 is 0 Å². The molecule has 6 heteroatoms. The summed E-state index contributed by atoms with van der Waals surface area (Å²) < 4.78 is 2.87. The van der Waals surface area contributed by atoms with Crippen molar-refractivity contribution >= 4 is 27.4 Å². The number of nitrogens with zero attached hydrogens (tertiary/aromatic N) is 5. The average Bonchev–Trinajstić information content (AvgIpc) is 2.85. The minimum Gasteiger partial charge on any atom is -0.352 e. The lowest BCUT2D eigenvalue weighted by Gasteiger charge is -2.36. The number of fused-ring (bicyclic) bond motifs is 1. The van der Waals surface area contributed by atoms with E-state index in [4.69, 9.17) is 0 Å². The zero-order valence-electron chi connectivity index (χ0n) is 11.3. The quantitative estimate of drug-likeness (QED) is 0.847. The van der Waals surface area contributed by atoms with Gasteiger partial charge in [0.25, 0.3) is 0 Å². The molecule has 0 aromatic carbocycles. The van der Waals surface area contributed by atoms with Crippen LogP contribution in [-0.4, -0.2) is 52.5 Å². The molecule has 102 valence electrons. The minimum absolute atomic E-state index is 0.588. The van der Waals surface area contributed by atoms with Crippen molar-refractivity contribution in [3.63, 3.8) is 0 Å². The van der Waals surface area contributed by atoms with Gasteiger partial charge in [-0.05, 0) is 42.9 Å². The first-order valence-corrected chi connectivity index (χ1v) is 7.35. The fourth-order valence-electron chi connectivity index (χ4n) is 2.67. The molecule has 1 fully saturated rings. The third kappa shape index (κ3) is 2.47. The summed E-state index contributed by atoms with van der Waals surface area (Å²) in [6.07, 6.45) is 8.17. The summed E-state index contributed by atoms with van der Waals surface area (Å²) in [5.41, 5.74) is 0.933. The highest BCUT2D eigenvalue weighted by Gasteiger charge is 2.24. The molecule has 1 saturated heterocycles. The second-order valence-electron chi connectivity index (χ2n) is 5.25. The Balaban J connectivity index is 1.97. The molecular weight excluding hydrogens is 306 g/mol. The van der Waals surface area contributed by atoms with Crippen LogP contribution in [0.15, 0.2) is 23.2 Å². The lowest BCUT2D eigenvalue weighted by atomic mass is 10.1. The first-order chi connectivity index (χ1) is 9.15. The van der Waals surface area contributed by atoms with Crippen LogP contribution in [0.3, 0.4) is 0 Å². The second-order valence-corrected chi connectivity index (χ2v) is 6.06. The van der Waals surface area contributed by atoms with E-state index in [0.717, 1.165) is 29.2 Å². The molecule has 0 amide bonds. The fourth-order valence-corrected chi connectivity index (χ4v) is 3.05. The summed E-state index contributed by atoms with van der Waals surface area (Å²) in [5, 5.41) is 0. The predicted molar refractivity (Wildman–Crippen MR) is 79.6 cm³/mol. The lowest BCUT2D eigenvalue weighted by Crippen LogP contribution is -2.45. The molecule has 3 rings (SSSR count). The molecular formula is C13H18BrN5. The van der Waals surface area contributed by atoms with Crippen molar-refractivity contribution in [2.75, 3.05) is 32.1 Å². The number of aromatic nitrogens is 3. The molecule has 1 unspecified atom stereocenters. The molecule has 0 radical (unpaired) electrons. The number of imidazole rings is 1. The van der Waals surface area contributed by atoms with Crippen LogP contribution in [0.1, 0.15) is 12.8 Å². The number of anilines is 1. The third-order valence-corrected chi connectivity index (χ3v) is 4.14. The zero-order chi connectivity index (χ0) is 13.4. The lowest BCUT2D eigenvalue weighted by molar-refractivity contribution is 0.257. The maximum atomic E-state index is 4.63. The maximum absolute atomic E-state index is 4.63. The first kappa shape index (κ1) is 12.9. The van der Waals surface area contributed by atoms with Crippen LogP contribution >= 0.6 is 15.9 Å². The molecule has 0 N–H and O–H groups in total. The number of halogens is 1. The van der Waals surface area contributed by atoms with Gasteiger partial charge in [0.1, 0.15) is 4.60 Å². The molecule has 3 heterocycles. The van der Waals surface area contributed by atoms with Crippen molar-refractivity contribution in [1.82, 2.24) is 19.3 Å². The van der Waals surface area contributed by atoms with E-state index in [1.807, 2.05) is 23.0 Å². The van der Waals surface area contributed by atoms with Gasteiger partial charge in [-0.2, -0.15) is 0 Å². The third-order valence-electron chi connectivity index (χ3n) is 3.75. The second kappa shape index (κ2) is 5.09. The Labute approximate surface area is 121 Å². The molecule has 1 atom stereocenters. The summed E-state index contributed by atoms with van der Waals surface area (Å²) >= 11 is 3.48. The summed E-state index contributed by atoms with van der Waals surface area (Å²) in [4.78, 5) is 13.7. The molecule has 2 aromatic rings. The van der Waals surface area contributed by atoms with Gasteiger partial charge in [-0.1, -0.05) is 0 Å². The van der Waals surface area contributed by atoms with Gasteiger partial charge in [0.15, 0.2) is 11.5 Å². The largest absolute Gasteiger partial charge is 0.352 e. The van der Waals surface area contributed by atoms with E-state index in [0.29, 0.717) is 6.04 Å². The average molecular weight is 324 g/mol. The normalized spacial score (nSPS) is 20.4. The van der Waals surface area contributed by atoms with Crippen molar-refractivity contribution in [3.8, 4) is 0 Å². The smallest absolute Gasteiger partial charge is 0.180 e. The van der Waals surface area contributed by atoms with E-state index < -0.39 is 0 Å². The van der Waals surface area contributed by atoms with E-state index in [9.17, 15) is 0 Å². The Morgan fingerprint density at radius 2 is 2.26 bits per heavy atom. The molecule has 2 aromatic heterocycles. The molecule has 0 aliphatic carbocycles. The standard InChI is InChI=1S/C13H18BrN5/c1-17(2)10-4-3-6-18(8-10)13-12-15-5-7-19(12)9-11(14)16-13/h5,7,9-10H,3-4,6,8H2,1-2H3. The minimum atomic E-state index is 0.588. The number of likely N-dealkylation sites (N-methyl/N-ethyl adjacent to an activating group) is 1. The van der Waals surface area contributed by atoms with Crippen LogP contribution in [0.5, 0.6) is 0 Å². The Hall–Kier alpha value is -1.14. The SMILES string of the molecule is CN(C)C1CCCN(c2nc(Br)cn3ccnc23)C1. The molecule has 1 aliphatic heterocycles. The Morgan fingerprint density at radius 3 is 3.05 bits per heavy atom. The van der Waals surface area contributed by atoms with Crippen LogP contribution in [0, 0.1) is 0 Å². The van der Waals surface area contributed by atoms with Crippen molar-refractivity contribution in [3.05, 3.63) is 23.2 Å². The zero-order valence-corrected chi connectivity index (χ0v) is 12.8. The molecule has 0 saturated carbocycles. The topological polar surface area (TPSA) is 36.7 Å². The molecule has 0 bridgehead atoms. The number of hydrogen-bond acceptors (Lipinski definition) is 4. The van der Waals surface area contributed by atoms with Gasteiger partial charge in [-0.15, -0.1) is 0 Å². The summed E-state index contributed by atoms with van der Waals surface area (Å²) in [5.74, 6) is 0.978. The highest BCUT2D eigenvalue weighted by molar-refractivity contribution is 9.10. The van der Waals surface area contributed by atoms with Crippen LogP contribution in [-0.2, 0) is 0 Å². The van der Waals surface area contributed by atoms with Crippen molar-refractivity contribution in [1.29, 1.82) is 0 Å². The molecule has 19 heavy (non-hydrogen) atoms. The van der Waals surface area contributed by atoms with E-state index in [1.54, 1.807) is 0 Å². The summed E-state index contributed by atoms with van der Waals surface area (Å²) in [6, 6.07) is 0.588. The predicted octanol–water partition coefficient (Wildman–Crippen LogP) is 2.02. The van der Waals surface area contributed by atoms with Crippen molar-refractivity contribution < 1.29 is 0 Å². The number of rotatable bonds is 2. The van der Waals surface area contributed by atoms with Crippen LogP contribution < -0.4 is 4.90 Å². The number of hydrogen-bond donors (Lipinski definition) is 0. The monoisotopic (exact) mass is 323 g/mol. The molecule has 1 aliphatic rings. The van der Waals surface area contributed by atoms with Gasteiger partial charge in [-0.3, -0.25) is 0 Å². The summed E-state index contributed by atoms with van der Waals surface area (Å²) in [6.45, 7) is 2.06. The van der Waals surface area contributed by atoms with Gasteiger partial charge in [0, 0.05) is 37.7 Å². The van der Waals surface area contributed by atoms with Gasteiger partial charge < -0.3 is 14.2 Å². The van der Waals surface area contributed by atoms with Crippen molar-refractivity contribution in [2.45, 2.75) is 18.9 Å².